The molecular weight excluding hydrogens is 324 g/mol. The molecule has 0 aliphatic rings. The number of anilines is 1. The van der Waals surface area contributed by atoms with E-state index in [-0.39, 0.29) is 5.91 Å². The quantitative estimate of drug-likeness (QED) is 0.714. The normalized spacial score (nSPS) is 12.5. The summed E-state index contributed by atoms with van der Waals surface area (Å²) in [6.07, 6.45) is 1.82. The topological polar surface area (TPSA) is 66.9 Å². The first-order chi connectivity index (χ1) is 12.6. The van der Waals surface area contributed by atoms with Crippen LogP contribution in [0.4, 0.5) is 5.82 Å². The first kappa shape index (κ1) is 17.4. The van der Waals surface area contributed by atoms with E-state index in [4.69, 9.17) is 0 Å². The number of hydrogen-bond donors (Lipinski definition) is 2. The van der Waals surface area contributed by atoms with E-state index in [1.54, 1.807) is 7.05 Å². The van der Waals surface area contributed by atoms with E-state index < -0.39 is 5.54 Å². The van der Waals surface area contributed by atoms with Gasteiger partial charge in [0.05, 0.1) is 5.52 Å². The van der Waals surface area contributed by atoms with Crippen LogP contribution in [0.3, 0.4) is 0 Å². The van der Waals surface area contributed by atoms with Crippen LogP contribution in [0, 0.1) is 11.8 Å². The molecular formula is C21H20N4O. The third-order valence-electron chi connectivity index (χ3n) is 4.11. The molecule has 0 fully saturated rings. The molecule has 130 valence electrons. The fourth-order valence-electron chi connectivity index (χ4n) is 2.67. The van der Waals surface area contributed by atoms with Gasteiger partial charge in [-0.05, 0) is 31.2 Å². The average Bonchev–Trinajstić information content (AvgIpc) is 2.68. The van der Waals surface area contributed by atoms with Gasteiger partial charge in [-0.25, -0.2) is 9.97 Å². The molecule has 0 aliphatic carbocycles. The van der Waals surface area contributed by atoms with Crippen molar-refractivity contribution >= 4 is 22.6 Å². The predicted octanol–water partition coefficient (Wildman–Crippen LogP) is 2.99. The van der Waals surface area contributed by atoms with Gasteiger partial charge in [0.25, 0.3) is 0 Å². The van der Waals surface area contributed by atoms with E-state index in [2.05, 4.69) is 32.4 Å². The van der Waals surface area contributed by atoms with Crippen molar-refractivity contribution in [2.45, 2.75) is 18.9 Å². The Hall–Kier alpha value is -3.39. The second-order valence-corrected chi connectivity index (χ2v) is 6.12. The Morgan fingerprint density at radius 1 is 1.08 bits per heavy atom. The second-order valence-electron chi connectivity index (χ2n) is 6.12. The number of para-hydroxylation sites is 1. The van der Waals surface area contributed by atoms with Crippen molar-refractivity contribution in [3.05, 3.63) is 66.5 Å². The Labute approximate surface area is 152 Å². The van der Waals surface area contributed by atoms with Crippen molar-refractivity contribution in [3.8, 4) is 11.8 Å². The third kappa shape index (κ3) is 3.81. The summed E-state index contributed by atoms with van der Waals surface area (Å²) >= 11 is 0. The summed E-state index contributed by atoms with van der Waals surface area (Å²) in [5.74, 6) is 6.67. The monoisotopic (exact) mass is 344 g/mol. The standard InChI is InChI=1S/C21H20N4O/c1-21(20(26)22-2,14-8-11-16-9-4-3-5-10-16)25-19-17-12-6-7-13-18(17)23-15-24-19/h3-7,9-10,12-13,15H,14H2,1-2H3,(H,22,26)(H,23,24,25). The van der Waals surface area contributed by atoms with Crippen LogP contribution in [-0.2, 0) is 4.79 Å². The first-order valence-corrected chi connectivity index (χ1v) is 8.36. The number of likely N-dealkylation sites (N-methyl/N-ethyl adjacent to an activating group) is 1. The molecule has 1 atom stereocenters. The highest BCUT2D eigenvalue weighted by atomic mass is 16.2. The zero-order chi connectivity index (χ0) is 18.4. The molecule has 3 aromatic rings. The number of aromatic nitrogens is 2. The van der Waals surface area contributed by atoms with E-state index in [1.807, 2.05) is 61.5 Å². The van der Waals surface area contributed by atoms with E-state index in [0.717, 1.165) is 16.5 Å². The van der Waals surface area contributed by atoms with Crippen molar-refractivity contribution in [2.75, 3.05) is 12.4 Å². The van der Waals surface area contributed by atoms with Gasteiger partial charge >= 0.3 is 0 Å². The van der Waals surface area contributed by atoms with Gasteiger partial charge in [-0.15, -0.1) is 0 Å². The molecule has 2 aromatic carbocycles. The van der Waals surface area contributed by atoms with Crippen molar-refractivity contribution in [1.29, 1.82) is 0 Å². The Morgan fingerprint density at radius 3 is 2.58 bits per heavy atom. The van der Waals surface area contributed by atoms with Crippen LogP contribution in [0.2, 0.25) is 0 Å². The number of benzene rings is 2. The summed E-state index contributed by atoms with van der Waals surface area (Å²) in [4.78, 5) is 21.1. The van der Waals surface area contributed by atoms with Gasteiger partial charge < -0.3 is 10.6 Å². The molecule has 1 heterocycles. The van der Waals surface area contributed by atoms with Crippen molar-refractivity contribution < 1.29 is 4.79 Å². The lowest BCUT2D eigenvalue weighted by atomic mass is 9.96. The summed E-state index contributed by atoms with van der Waals surface area (Å²) in [6.45, 7) is 1.82. The van der Waals surface area contributed by atoms with Crippen LogP contribution < -0.4 is 10.6 Å². The molecule has 2 N–H and O–H groups in total. The number of nitrogens with zero attached hydrogens (tertiary/aromatic N) is 2. The van der Waals surface area contributed by atoms with Crippen LogP contribution in [0.1, 0.15) is 18.9 Å². The largest absolute Gasteiger partial charge is 0.357 e. The molecule has 0 saturated carbocycles. The van der Waals surface area contributed by atoms with Gasteiger partial charge in [0.15, 0.2) is 0 Å². The van der Waals surface area contributed by atoms with E-state index in [1.165, 1.54) is 6.33 Å². The fourth-order valence-corrected chi connectivity index (χ4v) is 2.67. The van der Waals surface area contributed by atoms with Crippen LogP contribution in [0.15, 0.2) is 60.9 Å². The zero-order valence-corrected chi connectivity index (χ0v) is 14.8. The summed E-state index contributed by atoms with van der Waals surface area (Å²) in [5.41, 5.74) is 0.812. The number of amides is 1. The maximum absolute atomic E-state index is 12.5. The number of nitrogens with one attached hydrogen (secondary N) is 2. The molecule has 1 aromatic heterocycles. The fraction of sp³-hybridized carbons (Fsp3) is 0.190. The Morgan fingerprint density at radius 2 is 1.81 bits per heavy atom. The Balaban J connectivity index is 1.90. The summed E-state index contributed by atoms with van der Waals surface area (Å²) in [5, 5.41) is 6.84. The highest BCUT2D eigenvalue weighted by molar-refractivity contribution is 5.94. The highest BCUT2D eigenvalue weighted by Crippen LogP contribution is 2.24. The molecule has 0 saturated heterocycles. The van der Waals surface area contributed by atoms with Gasteiger partial charge in [-0.3, -0.25) is 4.79 Å². The molecule has 5 heteroatoms. The Bertz CT molecular complexity index is 970. The summed E-state index contributed by atoms with van der Waals surface area (Å²) in [7, 11) is 1.62. The van der Waals surface area contributed by atoms with Crippen molar-refractivity contribution in [2.24, 2.45) is 0 Å². The van der Waals surface area contributed by atoms with Gasteiger partial charge in [0.1, 0.15) is 17.7 Å². The highest BCUT2D eigenvalue weighted by Gasteiger charge is 2.32. The molecule has 1 amide bonds. The molecule has 3 rings (SSSR count). The zero-order valence-electron chi connectivity index (χ0n) is 14.8. The Kier molecular flexibility index (Phi) is 5.14. The van der Waals surface area contributed by atoms with Crippen molar-refractivity contribution in [3.63, 3.8) is 0 Å². The lowest BCUT2D eigenvalue weighted by molar-refractivity contribution is -0.124. The van der Waals surface area contributed by atoms with E-state index in [9.17, 15) is 4.79 Å². The number of carbonyl (C=O) groups is 1. The SMILES string of the molecule is CNC(=O)C(C)(CC#Cc1ccccc1)Nc1ncnc2ccccc12. The van der Waals surface area contributed by atoms with Crippen LogP contribution in [0.5, 0.6) is 0 Å². The number of carbonyl (C=O) groups excluding carboxylic acids is 1. The minimum atomic E-state index is -0.923. The minimum Gasteiger partial charge on any atom is -0.357 e. The van der Waals surface area contributed by atoms with Crippen LogP contribution in [0.25, 0.3) is 10.9 Å². The summed E-state index contributed by atoms with van der Waals surface area (Å²) < 4.78 is 0. The maximum Gasteiger partial charge on any atom is 0.246 e. The maximum atomic E-state index is 12.5. The molecule has 0 bridgehead atoms. The van der Waals surface area contributed by atoms with Gasteiger partial charge in [0, 0.05) is 24.4 Å². The molecule has 0 spiro atoms. The summed E-state index contributed by atoms with van der Waals surface area (Å²) in [6, 6.07) is 17.4. The number of fused-ring (bicyclic) bond motifs is 1. The second kappa shape index (κ2) is 7.66. The van der Waals surface area contributed by atoms with Gasteiger partial charge in [-0.1, -0.05) is 42.2 Å². The number of rotatable bonds is 4. The first-order valence-electron chi connectivity index (χ1n) is 8.36. The molecule has 5 nitrogen and oxygen atoms in total. The van der Waals surface area contributed by atoms with Crippen LogP contribution >= 0.6 is 0 Å². The van der Waals surface area contributed by atoms with Gasteiger partial charge in [-0.2, -0.15) is 0 Å². The number of hydrogen-bond acceptors (Lipinski definition) is 4. The third-order valence-corrected chi connectivity index (χ3v) is 4.11. The minimum absolute atomic E-state index is 0.150. The predicted molar refractivity (Wildman–Crippen MR) is 104 cm³/mol. The van der Waals surface area contributed by atoms with E-state index >= 15 is 0 Å². The lowest BCUT2D eigenvalue weighted by Crippen LogP contribution is -2.49. The molecule has 1 unspecified atom stereocenters. The van der Waals surface area contributed by atoms with Crippen LogP contribution in [-0.4, -0.2) is 28.5 Å². The molecule has 26 heavy (non-hydrogen) atoms. The lowest BCUT2D eigenvalue weighted by Gasteiger charge is -2.28. The van der Waals surface area contributed by atoms with E-state index in [0.29, 0.717) is 12.2 Å². The average molecular weight is 344 g/mol. The van der Waals surface area contributed by atoms with Gasteiger partial charge in [0.2, 0.25) is 5.91 Å². The smallest absolute Gasteiger partial charge is 0.246 e. The van der Waals surface area contributed by atoms with Crippen molar-refractivity contribution in [1.82, 2.24) is 15.3 Å². The molecule has 0 aliphatic heterocycles. The molecule has 0 radical (unpaired) electrons.